The summed E-state index contributed by atoms with van der Waals surface area (Å²) >= 11 is 0. The zero-order valence-corrected chi connectivity index (χ0v) is 17.3. The summed E-state index contributed by atoms with van der Waals surface area (Å²) in [5.74, 6) is -0.836. The van der Waals surface area contributed by atoms with Crippen molar-refractivity contribution in [1.82, 2.24) is 19.4 Å². The van der Waals surface area contributed by atoms with E-state index in [1.165, 1.54) is 18.7 Å². The van der Waals surface area contributed by atoms with Crippen molar-refractivity contribution < 1.29 is 14.3 Å². The quantitative estimate of drug-likeness (QED) is 0.736. The van der Waals surface area contributed by atoms with Crippen LogP contribution >= 0.6 is 0 Å². The summed E-state index contributed by atoms with van der Waals surface area (Å²) in [6, 6.07) is 1.64. The van der Waals surface area contributed by atoms with Gasteiger partial charge in [0.1, 0.15) is 12.2 Å². The molecular formula is C21H26N4O5. The molecule has 0 aliphatic heterocycles. The van der Waals surface area contributed by atoms with Gasteiger partial charge in [-0.1, -0.05) is 19.3 Å². The number of carbonyl (C=O) groups is 2. The SMILES string of the molecule is COC(=O)c1cc(C2CC2)nc2c1c(=O)n(CC(=O)NC1CCCCC1)c(=O)n2C. The molecule has 0 radical (unpaired) electrons. The summed E-state index contributed by atoms with van der Waals surface area (Å²) in [6.07, 6.45) is 6.97. The summed E-state index contributed by atoms with van der Waals surface area (Å²) in [5.41, 5.74) is -0.458. The molecule has 0 unspecified atom stereocenters. The van der Waals surface area contributed by atoms with Crippen LogP contribution in [0.25, 0.3) is 11.0 Å². The van der Waals surface area contributed by atoms with Gasteiger partial charge >= 0.3 is 11.7 Å². The highest BCUT2D eigenvalue weighted by molar-refractivity contribution is 6.02. The topological polar surface area (TPSA) is 112 Å². The fourth-order valence-corrected chi connectivity index (χ4v) is 4.16. The van der Waals surface area contributed by atoms with E-state index in [0.29, 0.717) is 5.69 Å². The lowest BCUT2D eigenvalue weighted by Gasteiger charge is -2.23. The number of aromatic nitrogens is 3. The van der Waals surface area contributed by atoms with Gasteiger partial charge in [-0.2, -0.15) is 0 Å². The fourth-order valence-electron chi connectivity index (χ4n) is 4.16. The zero-order chi connectivity index (χ0) is 21.4. The second kappa shape index (κ2) is 8.04. The van der Waals surface area contributed by atoms with Gasteiger partial charge in [-0.25, -0.2) is 14.6 Å². The van der Waals surface area contributed by atoms with Gasteiger partial charge < -0.3 is 10.1 Å². The molecule has 2 heterocycles. The molecule has 9 nitrogen and oxygen atoms in total. The molecule has 2 saturated carbocycles. The number of pyridine rings is 1. The summed E-state index contributed by atoms with van der Waals surface area (Å²) < 4.78 is 6.96. The van der Waals surface area contributed by atoms with E-state index in [9.17, 15) is 19.2 Å². The van der Waals surface area contributed by atoms with Crippen LogP contribution in [0.4, 0.5) is 0 Å². The van der Waals surface area contributed by atoms with Crippen LogP contribution in [0, 0.1) is 0 Å². The van der Waals surface area contributed by atoms with E-state index in [1.807, 2.05) is 0 Å². The summed E-state index contributed by atoms with van der Waals surface area (Å²) in [5, 5.41) is 2.92. The second-order valence-corrected chi connectivity index (χ2v) is 8.19. The third kappa shape index (κ3) is 3.76. The largest absolute Gasteiger partial charge is 0.465 e. The van der Waals surface area contributed by atoms with E-state index >= 15 is 0 Å². The maximum absolute atomic E-state index is 13.2. The lowest BCUT2D eigenvalue weighted by Crippen LogP contribution is -2.46. The molecule has 2 aliphatic carbocycles. The zero-order valence-electron chi connectivity index (χ0n) is 17.3. The number of esters is 1. The van der Waals surface area contributed by atoms with Gasteiger partial charge in [-0.3, -0.25) is 18.7 Å². The molecule has 1 amide bonds. The first-order valence-corrected chi connectivity index (χ1v) is 10.4. The molecule has 2 aromatic rings. The molecule has 2 fully saturated rings. The van der Waals surface area contributed by atoms with Crippen LogP contribution in [0.2, 0.25) is 0 Å². The Labute approximate surface area is 173 Å². The van der Waals surface area contributed by atoms with Crippen molar-refractivity contribution in [3.05, 3.63) is 38.2 Å². The lowest BCUT2D eigenvalue weighted by molar-refractivity contribution is -0.122. The van der Waals surface area contributed by atoms with Crippen molar-refractivity contribution in [2.24, 2.45) is 7.05 Å². The number of methoxy groups -OCH3 is 1. The fraction of sp³-hybridized carbons (Fsp3) is 0.571. The highest BCUT2D eigenvalue weighted by atomic mass is 16.5. The summed E-state index contributed by atoms with van der Waals surface area (Å²) in [7, 11) is 2.73. The van der Waals surface area contributed by atoms with E-state index in [2.05, 4.69) is 10.3 Å². The number of ether oxygens (including phenoxy) is 1. The number of fused-ring (bicyclic) bond motifs is 1. The molecule has 9 heteroatoms. The number of aryl methyl sites for hydroxylation is 1. The smallest absolute Gasteiger partial charge is 0.338 e. The van der Waals surface area contributed by atoms with E-state index < -0.39 is 23.8 Å². The number of carbonyl (C=O) groups excluding carboxylic acids is 2. The van der Waals surface area contributed by atoms with Crippen LogP contribution in [-0.2, 0) is 23.1 Å². The number of nitrogens with one attached hydrogen (secondary N) is 1. The molecule has 0 bridgehead atoms. The van der Waals surface area contributed by atoms with Crippen molar-refractivity contribution in [3.8, 4) is 0 Å². The minimum atomic E-state index is -0.706. The molecule has 30 heavy (non-hydrogen) atoms. The van der Waals surface area contributed by atoms with Gasteiger partial charge in [0.15, 0.2) is 0 Å². The highest BCUT2D eigenvalue weighted by Gasteiger charge is 2.29. The van der Waals surface area contributed by atoms with Gasteiger partial charge in [0, 0.05) is 24.7 Å². The van der Waals surface area contributed by atoms with Gasteiger partial charge in [-0.15, -0.1) is 0 Å². The Bertz CT molecular complexity index is 1120. The minimum Gasteiger partial charge on any atom is -0.465 e. The van der Waals surface area contributed by atoms with E-state index in [1.54, 1.807) is 6.07 Å². The predicted octanol–water partition coefficient (Wildman–Crippen LogP) is 1.21. The number of hydrogen-bond donors (Lipinski definition) is 1. The van der Waals surface area contributed by atoms with Crippen molar-refractivity contribution in [2.75, 3.05) is 7.11 Å². The third-order valence-electron chi connectivity index (χ3n) is 5.99. The van der Waals surface area contributed by atoms with Crippen LogP contribution in [0.5, 0.6) is 0 Å². The Balaban J connectivity index is 1.78. The molecular weight excluding hydrogens is 388 g/mol. The maximum atomic E-state index is 13.2. The number of amides is 1. The lowest BCUT2D eigenvalue weighted by atomic mass is 9.95. The van der Waals surface area contributed by atoms with Crippen LogP contribution in [0.15, 0.2) is 15.7 Å². The van der Waals surface area contributed by atoms with E-state index in [-0.39, 0.29) is 34.5 Å². The molecule has 0 saturated heterocycles. The van der Waals surface area contributed by atoms with Crippen LogP contribution in [0.1, 0.15) is 66.9 Å². The van der Waals surface area contributed by atoms with Crippen LogP contribution in [0.3, 0.4) is 0 Å². The first kappa shape index (κ1) is 20.3. The first-order chi connectivity index (χ1) is 14.4. The molecule has 1 N–H and O–H groups in total. The average Bonchev–Trinajstić information content (AvgIpc) is 3.60. The number of rotatable bonds is 5. The van der Waals surface area contributed by atoms with Gasteiger partial charge in [-0.05, 0) is 31.7 Å². The maximum Gasteiger partial charge on any atom is 0.338 e. The van der Waals surface area contributed by atoms with Crippen molar-refractivity contribution >= 4 is 22.9 Å². The number of hydrogen-bond acceptors (Lipinski definition) is 6. The Kier molecular flexibility index (Phi) is 5.44. The van der Waals surface area contributed by atoms with Gasteiger partial charge in [0.05, 0.1) is 18.1 Å². The summed E-state index contributed by atoms with van der Waals surface area (Å²) in [4.78, 5) is 55.5. The summed E-state index contributed by atoms with van der Waals surface area (Å²) in [6.45, 7) is -0.400. The van der Waals surface area contributed by atoms with Gasteiger partial charge in [0.2, 0.25) is 5.91 Å². The molecule has 2 aromatic heterocycles. The Morgan fingerprint density at radius 1 is 1.17 bits per heavy atom. The van der Waals surface area contributed by atoms with Gasteiger partial charge in [0.25, 0.3) is 5.56 Å². The van der Waals surface area contributed by atoms with Crippen LogP contribution in [-0.4, -0.2) is 39.1 Å². The Hall–Kier alpha value is -2.97. The molecule has 0 atom stereocenters. The third-order valence-corrected chi connectivity index (χ3v) is 5.99. The highest BCUT2D eigenvalue weighted by Crippen LogP contribution is 2.39. The molecule has 160 valence electrons. The van der Waals surface area contributed by atoms with Crippen molar-refractivity contribution in [3.63, 3.8) is 0 Å². The van der Waals surface area contributed by atoms with Crippen LogP contribution < -0.4 is 16.6 Å². The normalized spacial score (nSPS) is 17.1. The monoisotopic (exact) mass is 414 g/mol. The minimum absolute atomic E-state index is 0.00110. The Morgan fingerprint density at radius 2 is 1.87 bits per heavy atom. The Morgan fingerprint density at radius 3 is 2.50 bits per heavy atom. The van der Waals surface area contributed by atoms with Crippen molar-refractivity contribution in [1.29, 1.82) is 0 Å². The van der Waals surface area contributed by atoms with Crippen molar-refractivity contribution in [2.45, 2.75) is 63.5 Å². The first-order valence-electron chi connectivity index (χ1n) is 10.4. The predicted molar refractivity (Wildman–Crippen MR) is 110 cm³/mol. The molecule has 0 aromatic carbocycles. The molecule has 4 rings (SSSR count). The van der Waals surface area contributed by atoms with E-state index in [0.717, 1.165) is 49.5 Å². The average molecular weight is 414 g/mol. The standard InChI is InChI=1S/C21H26N4O5/c1-24-18-17(14(20(28)30-2)10-15(23-18)12-8-9-12)19(27)25(21(24)29)11-16(26)22-13-6-4-3-5-7-13/h10,12-13H,3-9,11H2,1-2H3,(H,22,26). The number of nitrogens with zero attached hydrogens (tertiary/aromatic N) is 3. The second-order valence-electron chi connectivity index (χ2n) is 8.19. The molecule has 0 spiro atoms. The molecule has 2 aliphatic rings. The van der Waals surface area contributed by atoms with E-state index in [4.69, 9.17) is 4.74 Å².